The maximum absolute atomic E-state index is 3.49. The van der Waals surface area contributed by atoms with E-state index >= 15 is 0 Å². The number of hydrogen-bond donors (Lipinski definition) is 0. The summed E-state index contributed by atoms with van der Waals surface area (Å²) in [6.07, 6.45) is 12.0. The van der Waals surface area contributed by atoms with Gasteiger partial charge in [-0.3, -0.25) is 6.08 Å². The third-order valence-corrected chi connectivity index (χ3v) is 0.586. The molecule has 67 valence electrons. The minimum atomic E-state index is 0. The van der Waals surface area contributed by atoms with Gasteiger partial charge >= 0.3 is 26.2 Å². The molecule has 0 saturated carbocycles. The van der Waals surface area contributed by atoms with Crippen LogP contribution in [-0.2, 0) is 26.2 Å². The van der Waals surface area contributed by atoms with Gasteiger partial charge in [0.2, 0.25) is 0 Å². The molecular weight excluding hydrogens is 223 g/mol. The summed E-state index contributed by atoms with van der Waals surface area (Å²) in [5, 5.41) is 0. The van der Waals surface area contributed by atoms with Crippen LogP contribution in [-0.4, -0.2) is 0 Å². The summed E-state index contributed by atoms with van der Waals surface area (Å²) in [5.74, 6) is 0. The first-order chi connectivity index (χ1) is 5.33. The molecule has 0 saturated heterocycles. The quantitative estimate of drug-likeness (QED) is 0.567. The fourth-order valence-corrected chi connectivity index (χ4v) is 0.340. The molecule has 0 aromatic heterocycles. The molecule has 0 nitrogen and oxygen atoms in total. The monoisotopic (exact) mass is 241 g/mol. The van der Waals surface area contributed by atoms with Gasteiger partial charge in [-0.05, 0) is 0 Å². The zero-order valence-corrected chi connectivity index (χ0v) is 10.7. The van der Waals surface area contributed by atoms with Crippen molar-refractivity contribution in [2.24, 2.45) is 0 Å². The molecule has 0 aromatic carbocycles. The van der Waals surface area contributed by atoms with E-state index in [4.69, 9.17) is 0 Å². The molecule has 0 N–H and O–H groups in total. The zero-order valence-electron chi connectivity index (χ0n) is 8.27. The van der Waals surface area contributed by atoms with E-state index in [0.29, 0.717) is 0 Å². The van der Waals surface area contributed by atoms with Crippen LogP contribution in [0.5, 0.6) is 0 Å². The Hall–Kier alpha value is 0.363. The second kappa shape index (κ2) is 22.5. The van der Waals surface area contributed by atoms with E-state index in [1.807, 2.05) is 26.0 Å². The Kier molecular flexibility index (Phi) is 34.2. The Morgan fingerprint density at radius 1 is 1.25 bits per heavy atom. The summed E-state index contributed by atoms with van der Waals surface area (Å²) in [7, 11) is 0. The fourth-order valence-electron chi connectivity index (χ4n) is 0.340. The average Bonchev–Trinajstić information content (AvgIpc) is 2.44. The molecule has 0 aromatic rings. The van der Waals surface area contributed by atoms with E-state index in [-0.39, 0.29) is 26.2 Å². The maximum Gasteiger partial charge on any atom is 3.00 e. The zero-order chi connectivity index (χ0) is 8.95. The Morgan fingerprint density at radius 2 is 1.67 bits per heavy atom. The van der Waals surface area contributed by atoms with E-state index < -0.39 is 0 Å². The minimum absolute atomic E-state index is 0. The van der Waals surface area contributed by atoms with E-state index in [9.17, 15) is 0 Å². The molecular formula is C11H19Zr. The standard InChI is InChI=1S/C5H5.2C3H7.Zr/c1-2-4-5-3-1;2*1-3-2;/h1-3H,4H2;2*1,3H2,2H3;/q3*-1;+3. The van der Waals surface area contributed by atoms with Crippen molar-refractivity contribution in [2.75, 3.05) is 0 Å². The van der Waals surface area contributed by atoms with Crippen molar-refractivity contribution in [1.82, 2.24) is 0 Å². The van der Waals surface area contributed by atoms with Crippen LogP contribution in [0.3, 0.4) is 0 Å². The minimum Gasteiger partial charge on any atom is -0.344 e. The van der Waals surface area contributed by atoms with Crippen LogP contribution in [0.1, 0.15) is 33.1 Å². The second-order valence-electron chi connectivity index (χ2n) is 2.00. The Bertz CT molecular complexity index is 81.2. The van der Waals surface area contributed by atoms with Gasteiger partial charge in [0.25, 0.3) is 0 Å². The second-order valence-corrected chi connectivity index (χ2v) is 2.00. The predicted molar refractivity (Wildman–Crippen MR) is 52.9 cm³/mol. The smallest absolute Gasteiger partial charge is 0.344 e. The number of hydrogen-bond acceptors (Lipinski definition) is 0. The van der Waals surface area contributed by atoms with Crippen LogP contribution in [0.25, 0.3) is 0 Å². The number of rotatable bonds is 0. The average molecular weight is 242 g/mol. The molecule has 0 atom stereocenters. The molecule has 0 unspecified atom stereocenters. The summed E-state index contributed by atoms with van der Waals surface area (Å²) in [6.45, 7) is 11.0. The molecule has 0 aliphatic heterocycles. The van der Waals surface area contributed by atoms with Crippen LogP contribution >= 0.6 is 0 Å². The molecule has 0 spiro atoms. The normalized spacial score (nSPS) is 10.3. The van der Waals surface area contributed by atoms with Gasteiger partial charge < -0.3 is 13.8 Å². The predicted octanol–water partition coefficient (Wildman–Crippen LogP) is 3.76. The van der Waals surface area contributed by atoms with Crippen LogP contribution in [0.4, 0.5) is 0 Å². The first-order valence-corrected chi connectivity index (χ1v) is 4.13. The topological polar surface area (TPSA) is 0 Å². The molecule has 0 amide bonds. The first-order valence-electron chi connectivity index (χ1n) is 4.13. The summed E-state index contributed by atoms with van der Waals surface area (Å²) < 4.78 is 0. The van der Waals surface area contributed by atoms with Crippen molar-refractivity contribution in [3.63, 3.8) is 0 Å². The van der Waals surface area contributed by atoms with Gasteiger partial charge in [0.1, 0.15) is 0 Å². The van der Waals surface area contributed by atoms with E-state index in [1.54, 1.807) is 0 Å². The van der Waals surface area contributed by atoms with Gasteiger partial charge in [-0.2, -0.15) is 18.9 Å². The van der Waals surface area contributed by atoms with Gasteiger partial charge in [0, 0.05) is 0 Å². The Labute approximate surface area is 97.3 Å². The van der Waals surface area contributed by atoms with Gasteiger partial charge in [0.05, 0.1) is 0 Å². The maximum atomic E-state index is 3.49. The molecule has 0 bridgehead atoms. The van der Waals surface area contributed by atoms with Gasteiger partial charge in [0.15, 0.2) is 0 Å². The molecule has 1 aliphatic rings. The molecule has 1 rings (SSSR count). The first kappa shape index (κ1) is 18.2. The van der Waals surface area contributed by atoms with Crippen molar-refractivity contribution < 1.29 is 26.2 Å². The van der Waals surface area contributed by atoms with E-state index in [0.717, 1.165) is 19.3 Å². The SMILES string of the molecule is [C-]1=CC=CC1.[CH2-]CC.[CH2-]CC.[Zr+3]. The molecule has 0 fully saturated rings. The van der Waals surface area contributed by atoms with E-state index in [2.05, 4.69) is 26.0 Å². The molecule has 1 aliphatic carbocycles. The van der Waals surface area contributed by atoms with Crippen LogP contribution in [0, 0.1) is 19.9 Å². The third kappa shape index (κ3) is 31.6. The Balaban J connectivity index is -0.000000104. The van der Waals surface area contributed by atoms with E-state index in [1.165, 1.54) is 0 Å². The fraction of sp³-hybridized carbons (Fsp3) is 0.455. The van der Waals surface area contributed by atoms with Crippen molar-refractivity contribution in [1.29, 1.82) is 0 Å². The van der Waals surface area contributed by atoms with Gasteiger partial charge in [-0.1, -0.05) is 13.8 Å². The number of allylic oxidation sites excluding steroid dienone is 4. The third-order valence-electron chi connectivity index (χ3n) is 0.586. The summed E-state index contributed by atoms with van der Waals surface area (Å²) in [5.41, 5.74) is 0. The van der Waals surface area contributed by atoms with Crippen molar-refractivity contribution >= 4 is 0 Å². The molecule has 1 radical (unpaired) electrons. The summed E-state index contributed by atoms with van der Waals surface area (Å²) in [4.78, 5) is 0. The molecule has 0 heterocycles. The molecule has 12 heavy (non-hydrogen) atoms. The van der Waals surface area contributed by atoms with Crippen molar-refractivity contribution in [3.05, 3.63) is 38.2 Å². The molecule has 1 heteroatoms. The largest absolute Gasteiger partial charge is 3.00 e. The van der Waals surface area contributed by atoms with Crippen LogP contribution < -0.4 is 0 Å². The van der Waals surface area contributed by atoms with Gasteiger partial charge in [-0.15, -0.1) is 6.42 Å². The van der Waals surface area contributed by atoms with Crippen molar-refractivity contribution in [2.45, 2.75) is 33.1 Å². The Morgan fingerprint density at radius 3 is 1.75 bits per heavy atom. The van der Waals surface area contributed by atoms with Crippen molar-refractivity contribution in [3.8, 4) is 0 Å². The summed E-state index contributed by atoms with van der Waals surface area (Å²) in [6, 6.07) is 0. The van der Waals surface area contributed by atoms with Gasteiger partial charge in [-0.25, -0.2) is 12.2 Å². The van der Waals surface area contributed by atoms with Crippen LogP contribution in [0.2, 0.25) is 0 Å². The van der Waals surface area contributed by atoms with Crippen LogP contribution in [0.15, 0.2) is 18.2 Å². The summed E-state index contributed by atoms with van der Waals surface area (Å²) >= 11 is 0.